The number of ether oxygens (including phenoxy) is 1. The van der Waals surface area contributed by atoms with Crippen molar-refractivity contribution in [2.24, 2.45) is 5.16 Å². The van der Waals surface area contributed by atoms with E-state index in [1.807, 2.05) is 54.9 Å². The number of amidine groups is 1. The predicted molar refractivity (Wildman–Crippen MR) is 139 cm³/mol. The van der Waals surface area contributed by atoms with Gasteiger partial charge in [0.15, 0.2) is 15.7 Å². The van der Waals surface area contributed by atoms with Gasteiger partial charge in [0.05, 0.1) is 41.5 Å². The van der Waals surface area contributed by atoms with E-state index in [9.17, 15) is 8.42 Å². The molecular formula is C27H30N4O4S. The van der Waals surface area contributed by atoms with Gasteiger partial charge in [-0.2, -0.15) is 0 Å². The monoisotopic (exact) mass is 506 g/mol. The fourth-order valence-electron chi connectivity index (χ4n) is 4.70. The maximum atomic E-state index is 13.1. The van der Waals surface area contributed by atoms with Crippen LogP contribution in [0.25, 0.3) is 11.8 Å². The molecule has 5 rings (SSSR count). The molecule has 8 nitrogen and oxygen atoms in total. The first-order valence-electron chi connectivity index (χ1n) is 12.0. The highest BCUT2D eigenvalue weighted by Gasteiger charge is 2.35. The van der Waals surface area contributed by atoms with Crippen molar-refractivity contribution < 1.29 is 18.0 Å². The SMILES string of the molecule is COc1cc(/C=C2\CCCN3C2=NOC[C@@H]3CS(=O)(=O)c2ccc(C)cc2)ccc1-n1cnc(C)c1. The van der Waals surface area contributed by atoms with E-state index in [1.165, 1.54) is 0 Å². The van der Waals surface area contributed by atoms with Crippen molar-refractivity contribution >= 4 is 21.7 Å². The van der Waals surface area contributed by atoms with Gasteiger partial charge in [0.25, 0.3) is 0 Å². The fourth-order valence-corrected chi connectivity index (χ4v) is 6.23. The Balaban J connectivity index is 1.39. The Labute approximate surface area is 211 Å². The molecule has 0 bridgehead atoms. The number of hydrogen-bond acceptors (Lipinski definition) is 7. The number of hydrogen-bond donors (Lipinski definition) is 0. The Morgan fingerprint density at radius 3 is 2.69 bits per heavy atom. The van der Waals surface area contributed by atoms with Gasteiger partial charge >= 0.3 is 0 Å². The van der Waals surface area contributed by atoms with Crippen LogP contribution in [0.15, 0.2) is 70.6 Å². The van der Waals surface area contributed by atoms with Crippen LogP contribution >= 0.6 is 0 Å². The molecule has 1 fully saturated rings. The third-order valence-electron chi connectivity index (χ3n) is 6.59. The van der Waals surface area contributed by atoms with Crippen molar-refractivity contribution in [2.75, 3.05) is 26.0 Å². The van der Waals surface area contributed by atoms with Crippen LogP contribution in [0.1, 0.15) is 29.7 Å². The van der Waals surface area contributed by atoms with Gasteiger partial charge in [-0.1, -0.05) is 28.9 Å². The number of oxime groups is 1. The van der Waals surface area contributed by atoms with Crippen LogP contribution in [-0.4, -0.2) is 60.8 Å². The molecule has 0 unspecified atom stereocenters. The second-order valence-electron chi connectivity index (χ2n) is 9.28. The van der Waals surface area contributed by atoms with E-state index in [0.29, 0.717) is 10.7 Å². The minimum atomic E-state index is -3.46. The van der Waals surface area contributed by atoms with E-state index >= 15 is 0 Å². The van der Waals surface area contributed by atoms with Crippen LogP contribution in [0.3, 0.4) is 0 Å². The average molecular weight is 507 g/mol. The minimum absolute atomic E-state index is 0.0186. The van der Waals surface area contributed by atoms with E-state index < -0.39 is 9.84 Å². The third kappa shape index (κ3) is 4.88. The number of rotatable bonds is 6. The summed E-state index contributed by atoms with van der Waals surface area (Å²) in [6.45, 7) is 4.88. The molecular weight excluding hydrogens is 476 g/mol. The number of sulfone groups is 1. The standard InChI is InChI=1S/C27H30N4O4S/c1-19-6-9-24(10-7-19)36(32,33)17-23-16-35-29-27-22(5-4-12-31(23)27)13-21-8-11-25(26(14-21)34-3)30-15-20(2)28-18-30/h6-11,13-15,18,23H,4-5,12,16-17H2,1-3H3/b22-13+/t23-/m1/s1. The summed E-state index contributed by atoms with van der Waals surface area (Å²) in [6, 6.07) is 12.7. The topological polar surface area (TPSA) is 86.0 Å². The summed E-state index contributed by atoms with van der Waals surface area (Å²) in [5.74, 6) is 1.43. The van der Waals surface area contributed by atoms with Crippen LogP contribution in [0, 0.1) is 13.8 Å². The molecule has 2 aliphatic rings. The highest BCUT2D eigenvalue weighted by Crippen LogP contribution is 2.30. The van der Waals surface area contributed by atoms with Crippen molar-refractivity contribution in [3.63, 3.8) is 0 Å². The largest absolute Gasteiger partial charge is 0.495 e. The highest BCUT2D eigenvalue weighted by atomic mass is 32.2. The normalized spacial score (nSPS) is 19.0. The Bertz CT molecular complexity index is 1420. The molecule has 188 valence electrons. The molecule has 1 aromatic heterocycles. The number of benzene rings is 2. The zero-order valence-corrected chi connectivity index (χ0v) is 21.5. The van der Waals surface area contributed by atoms with Crippen molar-refractivity contribution in [1.82, 2.24) is 14.5 Å². The minimum Gasteiger partial charge on any atom is -0.495 e. The molecule has 0 aliphatic carbocycles. The molecule has 1 atom stereocenters. The van der Waals surface area contributed by atoms with E-state index in [1.54, 1.807) is 25.6 Å². The summed E-state index contributed by atoms with van der Waals surface area (Å²) >= 11 is 0. The zero-order chi connectivity index (χ0) is 25.3. The molecule has 3 heterocycles. The Hall–Kier alpha value is -3.59. The lowest BCUT2D eigenvalue weighted by Gasteiger charge is -2.39. The number of nitrogens with zero attached hydrogens (tertiary/aromatic N) is 4. The number of aromatic nitrogens is 2. The quantitative estimate of drug-likeness (QED) is 0.499. The molecule has 36 heavy (non-hydrogen) atoms. The molecule has 1 saturated heterocycles. The van der Waals surface area contributed by atoms with Gasteiger partial charge in [0, 0.05) is 12.7 Å². The molecule has 0 saturated carbocycles. The second-order valence-corrected chi connectivity index (χ2v) is 11.3. The van der Waals surface area contributed by atoms with Crippen molar-refractivity contribution in [3.8, 4) is 11.4 Å². The zero-order valence-electron chi connectivity index (χ0n) is 20.7. The van der Waals surface area contributed by atoms with Gasteiger partial charge in [-0.05, 0) is 68.2 Å². The van der Waals surface area contributed by atoms with Gasteiger partial charge in [0.2, 0.25) is 0 Å². The van der Waals surface area contributed by atoms with Crippen LogP contribution in [0.4, 0.5) is 0 Å². The fraction of sp³-hybridized carbons (Fsp3) is 0.333. The lowest BCUT2D eigenvalue weighted by molar-refractivity contribution is 0.0659. The summed E-state index contributed by atoms with van der Waals surface area (Å²) in [5.41, 5.74) is 4.86. The maximum Gasteiger partial charge on any atom is 0.180 e. The molecule has 0 N–H and O–H groups in total. The van der Waals surface area contributed by atoms with Crippen LogP contribution in [-0.2, 0) is 14.7 Å². The smallest absolute Gasteiger partial charge is 0.180 e. The summed E-state index contributed by atoms with van der Waals surface area (Å²) in [4.78, 5) is 12.3. The molecule has 9 heteroatoms. The molecule has 2 aromatic carbocycles. The molecule has 3 aromatic rings. The summed E-state index contributed by atoms with van der Waals surface area (Å²) in [6.07, 6.45) is 7.55. The van der Waals surface area contributed by atoms with Crippen LogP contribution in [0.5, 0.6) is 5.75 Å². The number of methoxy groups -OCH3 is 1. The molecule has 2 aliphatic heterocycles. The van der Waals surface area contributed by atoms with Gasteiger partial charge < -0.3 is 19.0 Å². The van der Waals surface area contributed by atoms with Crippen LogP contribution < -0.4 is 4.74 Å². The summed E-state index contributed by atoms with van der Waals surface area (Å²) < 4.78 is 33.8. The van der Waals surface area contributed by atoms with E-state index in [-0.39, 0.29) is 18.4 Å². The Kier molecular flexibility index (Phi) is 6.57. The molecule has 0 spiro atoms. The first-order chi connectivity index (χ1) is 17.3. The first kappa shape index (κ1) is 24.1. The third-order valence-corrected chi connectivity index (χ3v) is 8.40. The maximum absolute atomic E-state index is 13.1. The number of piperidine rings is 1. The van der Waals surface area contributed by atoms with E-state index in [4.69, 9.17) is 9.57 Å². The first-order valence-corrected chi connectivity index (χ1v) is 13.7. The van der Waals surface area contributed by atoms with Gasteiger partial charge in [0.1, 0.15) is 12.4 Å². The highest BCUT2D eigenvalue weighted by molar-refractivity contribution is 7.91. The molecule has 0 radical (unpaired) electrons. The van der Waals surface area contributed by atoms with Gasteiger partial charge in [-0.15, -0.1) is 0 Å². The average Bonchev–Trinajstić information content (AvgIpc) is 3.30. The lowest BCUT2D eigenvalue weighted by Crippen LogP contribution is -2.51. The van der Waals surface area contributed by atoms with Crippen molar-refractivity contribution in [2.45, 2.75) is 37.6 Å². The lowest BCUT2D eigenvalue weighted by atomic mass is 9.98. The number of aryl methyl sites for hydroxylation is 2. The number of imidazole rings is 1. The summed E-state index contributed by atoms with van der Waals surface area (Å²) in [7, 11) is -1.81. The van der Waals surface area contributed by atoms with Gasteiger partial charge in [-0.25, -0.2) is 13.4 Å². The van der Waals surface area contributed by atoms with Gasteiger partial charge in [-0.3, -0.25) is 0 Å². The second kappa shape index (κ2) is 9.81. The van der Waals surface area contributed by atoms with E-state index in [0.717, 1.165) is 53.2 Å². The predicted octanol–water partition coefficient (Wildman–Crippen LogP) is 4.16. The Morgan fingerprint density at radius 2 is 1.97 bits per heavy atom. The molecule has 0 amide bonds. The van der Waals surface area contributed by atoms with Crippen molar-refractivity contribution in [1.29, 1.82) is 0 Å². The number of fused-ring (bicyclic) bond motifs is 1. The van der Waals surface area contributed by atoms with E-state index in [2.05, 4.69) is 21.1 Å². The Morgan fingerprint density at radius 1 is 1.17 bits per heavy atom. The van der Waals surface area contributed by atoms with Crippen molar-refractivity contribution in [3.05, 3.63) is 77.4 Å². The van der Waals surface area contributed by atoms with Crippen LogP contribution in [0.2, 0.25) is 0 Å². The summed E-state index contributed by atoms with van der Waals surface area (Å²) in [5, 5.41) is 4.34.